The first kappa shape index (κ1) is 25.9. The Morgan fingerprint density at radius 1 is 1.00 bits per heavy atom. The third-order valence-electron chi connectivity index (χ3n) is 1.99. The molecule has 0 aromatic heterocycles. The number of nitrogens with zero attached hydrogens (tertiary/aromatic N) is 2. The molecule has 0 aromatic carbocycles. The first-order valence-electron chi connectivity index (χ1n) is 7.40. The molecule has 2 aliphatic heterocycles. The van der Waals surface area contributed by atoms with E-state index in [1.807, 2.05) is 13.8 Å². The molecule has 2 heterocycles. The number of rotatable bonds is 1. The Balaban J connectivity index is -0.000000234. The first-order valence-corrected chi connectivity index (χ1v) is 7.40. The van der Waals surface area contributed by atoms with Gasteiger partial charge in [-0.3, -0.25) is 19.3 Å². The fraction of sp³-hybridized carbons (Fsp3) is 0.529. The molecule has 0 atom stereocenters. The van der Waals surface area contributed by atoms with Crippen molar-refractivity contribution in [2.45, 2.75) is 34.6 Å². The van der Waals surface area contributed by atoms with Crippen molar-refractivity contribution in [2.75, 3.05) is 27.2 Å². The zero-order valence-corrected chi connectivity index (χ0v) is 15.4. The molecular weight excluding hydrogens is 296 g/mol. The molecule has 1 fully saturated rings. The Hall–Kier alpha value is -2.08. The van der Waals surface area contributed by atoms with Crippen LogP contribution in [0.3, 0.4) is 0 Å². The maximum absolute atomic E-state index is 10.4. The van der Waals surface area contributed by atoms with Crippen molar-refractivity contribution >= 4 is 23.4 Å². The standard InChI is InChI=1S/C5H5NO2.C4H6O.C3H7N.C3H6O.C2H6/c1-6-4(7)2-3-5(6)8;1-3-4(2)5;1-4-2-3-4;1-3(2)4;1-2/h2-3H,1H3;3H,1H2,2H3;2-3H2,1H3;1-2H3;1-2H3. The molecule has 132 valence electrons. The normalized spacial score (nSPS) is 13.8. The summed E-state index contributed by atoms with van der Waals surface area (Å²) in [4.78, 5) is 43.2. The van der Waals surface area contributed by atoms with E-state index < -0.39 is 0 Å². The third kappa shape index (κ3) is 25.2. The second-order valence-corrected chi connectivity index (χ2v) is 4.60. The van der Waals surface area contributed by atoms with Crippen molar-refractivity contribution < 1.29 is 19.2 Å². The van der Waals surface area contributed by atoms with Crippen molar-refractivity contribution in [3.05, 3.63) is 24.8 Å². The van der Waals surface area contributed by atoms with Gasteiger partial charge in [-0.2, -0.15) is 0 Å². The fourth-order valence-electron chi connectivity index (χ4n) is 0.575. The summed E-state index contributed by atoms with van der Waals surface area (Å²) in [5.41, 5.74) is 0. The molecular formula is C17H30N2O4. The van der Waals surface area contributed by atoms with E-state index >= 15 is 0 Å². The van der Waals surface area contributed by atoms with Gasteiger partial charge in [-0.15, -0.1) is 0 Å². The Kier molecular flexibility index (Phi) is 18.3. The number of hydrogen-bond donors (Lipinski definition) is 0. The molecule has 23 heavy (non-hydrogen) atoms. The Morgan fingerprint density at radius 2 is 1.22 bits per heavy atom. The summed E-state index contributed by atoms with van der Waals surface area (Å²) < 4.78 is 0. The molecule has 6 nitrogen and oxygen atoms in total. The fourth-order valence-corrected chi connectivity index (χ4v) is 0.575. The van der Waals surface area contributed by atoms with Crippen molar-refractivity contribution in [2.24, 2.45) is 0 Å². The average molecular weight is 326 g/mol. The number of carbonyl (C=O) groups is 4. The first-order chi connectivity index (χ1) is 10.6. The molecule has 2 amide bonds. The smallest absolute Gasteiger partial charge is 0.253 e. The van der Waals surface area contributed by atoms with Crippen LogP contribution in [-0.4, -0.2) is 60.4 Å². The number of carbonyl (C=O) groups excluding carboxylic acids is 4. The van der Waals surface area contributed by atoms with E-state index in [4.69, 9.17) is 0 Å². The highest BCUT2D eigenvalue weighted by Crippen LogP contribution is 1.97. The lowest BCUT2D eigenvalue weighted by atomic mass is 10.5. The predicted molar refractivity (Wildman–Crippen MR) is 93.0 cm³/mol. The van der Waals surface area contributed by atoms with Crippen LogP contribution in [0.1, 0.15) is 34.6 Å². The van der Waals surface area contributed by atoms with Gasteiger partial charge in [-0.25, -0.2) is 0 Å². The van der Waals surface area contributed by atoms with Gasteiger partial charge in [0.05, 0.1) is 0 Å². The van der Waals surface area contributed by atoms with E-state index in [1.165, 1.54) is 59.1 Å². The van der Waals surface area contributed by atoms with Crippen LogP contribution in [0.5, 0.6) is 0 Å². The van der Waals surface area contributed by atoms with E-state index in [9.17, 15) is 19.2 Å². The Morgan fingerprint density at radius 3 is 1.26 bits per heavy atom. The van der Waals surface area contributed by atoms with Gasteiger partial charge in [0, 0.05) is 32.3 Å². The Labute approximate surface area is 139 Å². The molecule has 0 radical (unpaired) electrons. The van der Waals surface area contributed by atoms with Gasteiger partial charge >= 0.3 is 0 Å². The highest BCUT2D eigenvalue weighted by Gasteiger charge is 2.17. The minimum Gasteiger partial charge on any atom is -0.304 e. The van der Waals surface area contributed by atoms with Gasteiger partial charge in [0.1, 0.15) is 5.78 Å². The molecule has 0 aliphatic carbocycles. The molecule has 2 aliphatic rings. The summed E-state index contributed by atoms with van der Waals surface area (Å²) in [6.45, 7) is 14.4. The largest absolute Gasteiger partial charge is 0.304 e. The van der Waals surface area contributed by atoms with Crippen molar-refractivity contribution in [3.63, 3.8) is 0 Å². The molecule has 0 unspecified atom stereocenters. The SMILES string of the molecule is C=CC(C)=O.CC.CC(C)=O.CN1C(=O)C=CC1=O.CN1CC1. The van der Waals surface area contributed by atoms with Crippen LogP contribution in [0.2, 0.25) is 0 Å². The summed E-state index contributed by atoms with van der Waals surface area (Å²) in [7, 11) is 3.56. The number of ketones is 2. The molecule has 0 bridgehead atoms. The molecule has 0 saturated carbocycles. The number of allylic oxidation sites excluding steroid dienone is 1. The van der Waals surface area contributed by atoms with Crippen LogP contribution < -0.4 is 0 Å². The van der Waals surface area contributed by atoms with Crippen molar-refractivity contribution in [1.29, 1.82) is 0 Å². The van der Waals surface area contributed by atoms with Crippen LogP contribution in [-0.2, 0) is 19.2 Å². The van der Waals surface area contributed by atoms with E-state index in [2.05, 4.69) is 18.5 Å². The summed E-state index contributed by atoms with van der Waals surface area (Å²) in [6.07, 6.45) is 3.78. The number of hydrogen-bond acceptors (Lipinski definition) is 5. The second-order valence-electron chi connectivity index (χ2n) is 4.60. The maximum atomic E-state index is 10.4. The van der Waals surface area contributed by atoms with Gasteiger partial charge in [-0.05, 0) is 33.9 Å². The average Bonchev–Trinajstić information content (AvgIpc) is 3.22. The molecule has 0 aromatic rings. The number of imide groups is 1. The van der Waals surface area contributed by atoms with E-state index in [0.717, 1.165) is 4.90 Å². The summed E-state index contributed by atoms with van der Waals surface area (Å²) in [5.74, 6) is -0.296. The van der Waals surface area contributed by atoms with E-state index in [0.29, 0.717) is 0 Å². The van der Waals surface area contributed by atoms with E-state index in [1.54, 1.807) is 0 Å². The van der Waals surface area contributed by atoms with Gasteiger partial charge in [0.25, 0.3) is 11.8 Å². The quantitative estimate of drug-likeness (QED) is 0.418. The highest BCUT2D eigenvalue weighted by atomic mass is 16.2. The van der Waals surface area contributed by atoms with Crippen molar-refractivity contribution in [3.8, 4) is 0 Å². The zero-order chi connectivity index (χ0) is 19.0. The van der Waals surface area contributed by atoms with Crippen LogP contribution in [0.15, 0.2) is 24.8 Å². The molecule has 6 heteroatoms. The van der Waals surface area contributed by atoms with Gasteiger partial charge < -0.3 is 9.69 Å². The topological polar surface area (TPSA) is 74.5 Å². The minimum atomic E-state index is -0.241. The van der Waals surface area contributed by atoms with E-state index in [-0.39, 0.29) is 23.4 Å². The zero-order valence-electron chi connectivity index (χ0n) is 15.4. The van der Waals surface area contributed by atoms with Crippen molar-refractivity contribution in [1.82, 2.24) is 9.80 Å². The lowest BCUT2D eigenvalue weighted by Crippen LogP contribution is -2.24. The van der Waals surface area contributed by atoms with Gasteiger partial charge in [-0.1, -0.05) is 20.4 Å². The van der Waals surface area contributed by atoms with Crippen LogP contribution in [0, 0.1) is 0 Å². The van der Waals surface area contributed by atoms with Gasteiger partial charge in [0.2, 0.25) is 0 Å². The monoisotopic (exact) mass is 326 g/mol. The predicted octanol–water partition coefficient (Wildman–Crippen LogP) is 1.86. The third-order valence-corrected chi connectivity index (χ3v) is 1.99. The van der Waals surface area contributed by atoms with Gasteiger partial charge in [0.15, 0.2) is 5.78 Å². The maximum Gasteiger partial charge on any atom is 0.253 e. The second kappa shape index (κ2) is 16.3. The molecule has 0 N–H and O–H groups in total. The van der Waals surface area contributed by atoms with Crippen LogP contribution in [0.25, 0.3) is 0 Å². The summed E-state index contributed by atoms with van der Waals surface area (Å²) in [6, 6.07) is 0. The molecule has 0 spiro atoms. The number of likely N-dealkylation sites (N-methyl/N-ethyl adjacent to an activating group) is 2. The minimum absolute atomic E-state index is 0.0185. The molecule has 2 rings (SSSR count). The summed E-state index contributed by atoms with van der Waals surface area (Å²) >= 11 is 0. The highest BCUT2D eigenvalue weighted by molar-refractivity contribution is 6.12. The van der Waals surface area contributed by atoms with Crippen LogP contribution in [0.4, 0.5) is 0 Å². The number of Topliss-reactive ketones (excluding diaryl/α,β-unsaturated/α-hetero) is 1. The molecule has 1 saturated heterocycles. The lowest BCUT2D eigenvalue weighted by molar-refractivity contribution is -0.135. The number of amides is 2. The summed E-state index contributed by atoms with van der Waals surface area (Å²) in [5, 5.41) is 0. The van der Waals surface area contributed by atoms with Crippen LogP contribution >= 0.6 is 0 Å². The Bertz CT molecular complexity index is 402. The lowest BCUT2D eigenvalue weighted by Gasteiger charge is -2.01.